The van der Waals surface area contributed by atoms with Gasteiger partial charge in [-0.1, -0.05) is 45.4 Å². The molecule has 1 unspecified atom stereocenters. The molecule has 3 heteroatoms. The normalized spacial score (nSPS) is 17.3. The van der Waals surface area contributed by atoms with Crippen molar-refractivity contribution in [2.75, 3.05) is 26.3 Å². The van der Waals surface area contributed by atoms with Gasteiger partial charge in [0.15, 0.2) is 0 Å². The van der Waals surface area contributed by atoms with E-state index in [4.69, 9.17) is 4.74 Å². The molecule has 1 atom stereocenters. The van der Waals surface area contributed by atoms with Gasteiger partial charge in [-0.15, -0.1) is 0 Å². The number of hydrogen-bond acceptors (Lipinski definition) is 2. The van der Waals surface area contributed by atoms with E-state index in [9.17, 15) is 4.39 Å². The van der Waals surface area contributed by atoms with E-state index < -0.39 is 0 Å². The third kappa shape index (κ3) is 8.05. The Morgan fingerprint density at radius 1 is 1.14 bits per heavy atom. The highest BCUT2D eigenvalue weighted by Gasteiger charge is 2.23. The molecule has 1 heterocycles. The molecular formula is C18H32FNO. The summed E-state index contributed by atoms with van der Waals surface area (Å²) in [5.74, 6) is 0.938. The third-order valence-electron chi connectivity index (χ3n) is 3.16. The maximum Gasteiger partial charge on any atom is 0.119 e. The van der Waals surface area contributed by atoms with Crippen LogP contribution in [-0.2, 0) is 0 Å². The van der Waals surface area contributed by atoms with Gasteiger partial charge in [-0.3, -0.25) is 9.29 Å². The van der Waals surface area contributed by atoms with Crippen molar-refractivity contribution in [1.82, 2.24) is 4.90 Å². The molecule has 2 nitrogen and oxygen atoms in total. The predicted octanol–water partition coefficient (Wildman–Crippen LogP) is 4.86. The van der Waals surface area contributed by atoms with Crippen LogP contribution in [0.3, 0.4) is 0 Å². The molecule has 0 radical (unpaired) electrons. The van der Waals surface area contributed by atoms with Crippen molar-refractivity contribution in [3.05, 3.63) is 29.8 Å². The van der Waals surface area contributed by atoms with Gasteiger partial charge in [0.25, 0.3) is 0 Å². The number of halogens is 1. The minimum absolute atomic E-state index is 0.222. The van der Waals surface area contributed by atoms with Crippen molar-refractivity contribution in [3.63, 3.8) is 0 Å². The van der Waals surface area contributed by atoms with E-state index in [0.29, 0.717) is 6.42 Å². The van der Waals surface area contributed by atoms with Crippen LogP contribution in [0.5, 0.6) is 5.75 Å². The van der Waals surface area contributed by atoms with E-state index in [2.05, 4.69) is 24.0 Å². The van der Waals surface area contributed by atoms with Crippen LogP contribution in [0.15, 0.2) is 24.3 Å². The van der Waals surface area contributed by atoms with E-state index in [0.717, 1.165) is 31.8 Å². The number of hydrogen-bond donors (Lipinski definition) is 0. The molecule has 0 N–H and O–H groups in total. The minimum Gasteiger partial charge on any atom is -0.489 e. The molecule has 0 saturated carbocycles. The van der Waals surface area contributed by atoms with Crippen molar-refractivity contribution in [1.29, 1.82) is 0 Å². The van der Waals surface area contributed by atoms with E-state index in [1.165, 1.54) is 5.56 Å². The maximum absolute atomic E-state index is 12.1. The van der Waals surface area contributed by atoms with Crippen molar-refractivity contribution in [2.45, 2.75) is 53.6 Å². The monoisotopic (exact) mass is 297 g/mol. The lowest BCUT2D eigenvalue weighted by Crippen LogP contribution is -2.26. The Morgan fingerprint density at radius 2 is 1.76 bits per heavy atom. The van der Waals surface area contributed by atoms with Crippen LogP contribution in [0.1, 0.15) is 46.1 Å². The largest absolute Gasteiger partial charge is 0.489 e. The van der Waals surface area contributed by atoms with Gasteiger partial charge in [0.1, 0.15) is 11.9 Å². The topological polar surface area (TPSA) is 12.5 Å². The fourth-order valence-corrected chi connectivity index (χ4v) is 2.19. The molecule has 1 aromatic rings. The van der Waals surface area contributed by atoms with E-state index in [-0.39, 0.29) is 12.8 Å². The fourth-order valence-electron chi connectivity index (χ4n) is 2.19. The highest BCUT2D eigenvalue weighted by Crippen LogP contribution is 2.18. The average Bonchev–Trinajstić information content (AvgIpc) is 2.99. The summed E-state index contributed by atoms with van der Waals surface area (Å²) in [6, 6.07) is 8.15. The summed E-state index contributed by atoms with van der Waals surface area (Å²) in [6.45, 7) is 12.6. The van der Waals surface area contributed by atoms with Gasteiger partial charge in [-0.25, -0.2) is 0 Å². The second-order valence-corrected chi connectivity index (χ2v) is 4.68. The molecule has 1 aromatic carbocycles. The standard InChI is InChI=1S/C14H20FNO.2C2H6/c1-12-3-5-13(6-4-12)17-14-7-10-16(11-14)9-2-8-15;2*1-2/h3-6,14H,2,7-11H2,1H3;2*1-2H3. The zero-order valence-corrected chi connectivity index (χ0v) is 14.4. The van der Waals surface area contributed by atoms with Crippen LogP contribution in [0.4, 0.5) is 4.39 Å². The lowest BCUT2D eigenvalue weighted by atomic mass is 10.2. The smallest absolute Gasteiger partial charge is 0.119 e. The molecular weight excluding hydrogens is 265 g/mol. The number of benzene rings is 1. The average molecular weight is 297 g/mol. The van der Waals surface area contributed by atoms with Gasteiger partial charge in [0, 0.05) is 19.6 Å². The summed E-state index contributed by atoms with van der Waals surface area (Å²) in [5.41, 5.74) is 1.24. The Labute approximate surface area is 130 Å². The SMILES string of the molecule is CC.CC.Cc1ccc(OC2CCN(CCCF)C2)cc1. The highest BCUT2D eigenvalue weighted by atomic mass is 19.1. The van der Waals surface area contributed by atoms with Crippen LogP contribution in [0.2, 0.25) is 0 Å². The molecule has 2 rings (SSSR count). The van der Waals surface area contributed by atoms with Gasteiger partial charge < -0.3 is 4.74 Å². The predicted molar refractivity (Wildman–Crippen MR) is 89.9 cm³/mol. The molecule has 1 aliphatic heterocycles. The van der Waals surface area contributed by atoms with Crippen LogP contribution in [0.25, 0.3) is 0 Å². The van der Waals surface area contributed by atoms with Crippen LogP contribution in [0, 0.1) is 6.92 Å². The Balaban J connectivity index is 0.000000921. The first-order valence-corrected chi connectivity index (χ1v) is 8.29. The van der Waals surface area contributed by atoms with E-state index >= 15 is 0 Å². The highest BCUT2D eigenvalue weighted by molar-refractivity contribution is 5.26. The maximum atomic E-state index is 12.1. The van der Waals surface area contributed by atoms with Crippen molar-refractivity contribution in [3.8, 4) is 5.75 Å². The number of likely N-dealkylation sites (tertiary alicyclic amines) is 1. The molecule has 1 saturated heterocycles. The fraction of sp³-hybridized carbons (Fsp3) is 0.667. The van der Waals surface area contributed by atoms with Crippen LogP contribution >= 0.6 is 0 Å². The molecule has 1 aliphatic rings. The van der Waals surface area contributed by atoms with Gasteiger partial charge >= 0.3 is 0 Å². The van der Waals surface area contributed by atoms with Gasteiger partial charge in [-0.05, 0) is 31.9 Å². The Hall–Kier alpha value is -1.09. The number of nitrogens with zero attached hydrogens (tertiary/aromatic N) is 1. The third-order valence-corrected chi connectivity index (χ3v) is 3.16. The van der Waals surface area contributed by atoms with Crippen LogP contribution < -0.4 is 4.74 Å². The summed E-state index contributed by atoms with van der Waals surface area (Å²) >= 11 is 0. The van der Waals surface area contributed by atoms with Crippen LogP contribution in [-0.4, -0.2) is 37.3 Å². The summed E-state index contributed by atoms with van der Waals surface area (Å²) in [5, 5.41) is 0. The van der Waals surface area contributed by atoms with E-state index in [1.54, 1.807) is 0 Å². The Morgan fingerprint density at radius 3 is 2.33 bits per heavy atom. The first-order valence-electron chi connectivity index (χ1n) is 8.29. The van der Waals surface area contributed by atoms with Crippen molar-refractivity contribution in [2.24, 2.45) is 0 Å². The number of ether oxygens (including phenoxy) is 1. The Kier molecular flexibility index (Phi) is 12.0. The summed E-state index contributed by atoms with van der Waals surface area (Å²) < 4.78 is 18.0. The first kappa shape index (κ1) is 19.9. The van der Waals surface area contributed by atoms with E-state index in [1.807, 2.05) is 39.8 Å². The summed E-state index contributed by atoms with van der Waals surface area (Å²) in [7, 11) is 0. The molecule has 0 aliphatic carbocycles. The van der Waals surface area contributed by atoms with Gasteiger partial charge in [-0.2, -0.15) is 0 Å². The molecule has 0 spiro atoms. The lowest BCUT2D eigenvalue weighted by Gasteiger charge is -2.16. The zero-order valence-electron chi connectivity index (χ0n) is 14.4. The molecule has 122 valence electrons. The second kappa shape index (κ2) is 12.6. The molecule has 0 amide bonds. The van der Waals surface area contributed by atoms with Crippen molar-refractivity contribution < 1.29 is 9.13 Å². The molecule has 21 heavy (non-hydrogen) atoms. The number of alkyl halides is 1. The first-order chi connectivity index (χ1) is 10.3. The van der Waals surface area contributed by atoms with Gasteiger partial charge in [0.05, 0.1) is 6.67 Å². The molecule has 0 aromatic heterocycles. The quantitative estimate of drug-likeness (QED) is 0.769. The summed E-state index contributed by atoms with van der Waals surface area (Å²) in [4.78, 5) is 2.28. The number of aryl methyl sites for hydroxylation is 1. The second-order valence-electron chi connectivity index (χ2n) is 4.68. The van der Waals surface area contributed by atoms with Gasteiger partial charge in [0.2, 0.25) is 0 Å². The lowest BCUT2D eigenvalue weighted by molar-refractivity contribution is 0.198. The minimum atomic E-state index is -0.222. The molecule has 0 bridgehead atoms. The molecule has 1 fully saturated rings. The Bertz CT molecular complexity index is 340. The number of rotatable bonds is 5. The van der Waals surface area contributed by atoms with Crippen molar-refractivity contribution >= 4 is 0 Å². The zero-order chi connectivity index (χ0) is 16.1. The summed E-state index contributed by atoms with van der Waals surface area (Å²) in [6.07, 6.45) is 1.94.